The second-order valence-electron chi connectivity index (χ2n) is 3.50. The van der Waals surface area contributed by atoms with E-state index in [1.807, 2.05) is 6.26 Å². The lowest BCUT2D eigenvalue weighted by atomic mass is 10.1. The predicted molar refractivity (Wildman–Crippen MR) is 70.9 cm³/mol. The normalized spacial score (nSPS) is 10.4. The van der Waals surface area contributed by atoms with Gasteiger partial charge in [-0.3, -0.25) is 0 Å². The lowest BCUT2D eigenvalue weighted by Gasteiger charge is -2.04. The van der Waals surface area contributed by atoms with Crippen LogP contribution >= 0.6 is 23.1 Å². The molecule has 0 aliphatic rings. The number of nitrogens with zero attached hydrogens (tertiary/aromatic N) is 2. The Morgan fingerprint density at radius 3 is 2.62 bits per heavy atom. The molecule has 0 saturated heterocycles. The van der Waals surface area contributed by atoms with Crippen LogP contribution in [0.15, 0.2) is 22.5 Å². The highest BCUT2D eigenvalue weighted by Crippen LogP contribution is 2.26. The summed E-state index contributed by atoms with van der Waals surface area (Å²) in [6.07, 6.45) is 2.00. The fourth-order valence-electron chi connectivity index (χ4n) is 1.29. The van der Waals surface area contributed by atoms with E-state index < -0.39 is 0 Å². The van der Waals surface area contributed by atoms with Gasteiger partial charge in [0.1, 0.15) is 0 Å². The molecule has 0 amide bonds. The Morgan fingerprint density at radius 2 is 2.00 bits per heavy atom. The second kappa shape index (κ2) is 4.84. The van der Waals surface area contributed by atoms with Crippen LogP contribution < -0.4 is 5.32 Å². The Bertz CT molecular complexity index is 494. The number of thioether (sulfide) groups is 1. The maximum Gasteiger partial charge on any atom is 0.210 e. The third-order valence-corrected chi connectivity index (χ3v) is 4.15. The second-order valence-corrected chi connectivity index (χ2v) is 5.53. The summed E-state index contributed by atoms with van der Waals surface area (Å²) in [6, 6.07) is 6.28. The summed E-state index contributed by atoms with van der Waals surface area (Å²) < 4.78 is 0.978. The van der Waals surface area contributed by atoms with Crippen LogP contribution in [0.5, 0.6) is 0 Å². The Labute approximate surface area is 103 Å². The van der Waals surface area contributed by atoms with Crippen molar-refractivity contribution in [3.8, 4) is 0 Å². The predicted octanol–water partition coefficient (Wildman–Crippen LogP) is 3.62. The van der Waals surface area contributed by atoms with Crippen molar-refractivity contribution in [2.45, 2.75) is 18.2 Å². The molecule has 3 nitrogen and oxygen atoms in total. The van der Waals surface area contributed by atoms with Crippen molar-refractivity contribution in [3.63, 3.8) is 0 Å². The van der Waals surface area contributed by atoms with Gasteiger partial charge in [-0.05, 0) is 43.4 Å². The van der Waals surface area contributed by atoms with E-state index in [0.29, 0.717) is 0 Å². The van der Waals surface area contributed by atoms with E-state index in [2.05, 4.69) is 47.6 Å². The van der Waals surface area contributed by atoms with Gasteiger partial charge in [0.25, 0.3) is 0 Å². The van der Waals surface area contributed by atoms with Gasteiger partial charge in [-0.15, -0.1) is 10.2 Å². The average molecular weight is 251 g/mol. The highest BCUT2D eigenvalue weighted by atomic mass is 32.2. The molecule has 0 fully saturated rings. The van der Waals surface area contributed by atoms with Crippen LogP contribution in [0, 0.1) is 13.8 Å². The molecule has 2 rings (SSSR count). The molecular formula is C11H13N3S2. The van der Waals surface area contributed by atoms with Crippen LogP contribution in [0.3, 0.4) is 0 Å². The molecule has 1 heterocycles. The van der Waals surface area contributed by atoms with Crippen LogP contribution in [-0.4, -0.2) is 16.5 Å². The molecule has 0 atom stereocenters. The smallest absolute Gasteiger partial charge is 0.210 e. The first-order chi connectivity index (χ1) is 7.69. The van der Waals surface area contributed by atoms with Crippen LogP contribution in [0.1, 0.15) is 11.1 Å². The van der Waals surface area contributed by atoms with Gasteiger partial charge in [0.05, 0.1) is 0 Å². The minimum absolute atomic E-state index is 0.840. The molecule has 1 N–H and O–H groups in total. The molecule has 1 aromatic carbocycles. The summed E-state index contributed by atoms with van der Waals surface area (Å²) in [5, 5.41) is 12.2. The number of aryl methyl sites for hydroxylation is 2. The van der Waals surface area contributed by atoms with Gasteiger partial charge in [-0.1, -0.05) is 29.2 Å². The SMILES string of the molecule is CSc1nnc(Nc2ccc(C)c(C)c2)s1. The third-order valence-electron chi connectivity index (χ3n) is 2.34. The molecule has 2 aromatic rings. The first kappa shape index (κ1) is 11.4. The number of benzene rings is 1. The first-order valence-electron chi connectivity index (χ1n) is 4.91. The summed E-state index contributed by atoms with van der Waals surface area (Å²) in [7, 11) is 0. The minimum Gasteiger partial charge on any atom is -0.330 e. The molecule has 0 spiro atoms. The molecule has 0 saturated carbocycles. The number of nitrogens with one attached hydrogen (secondary N) is 1. The van der Waals surface area contributed by atoms with Crippen molar-refractivity contribution in [3.05, 3.63) is 29.3 Å². The van der Waals surface area contributed by atoms with Crippen molar-refractivity contribution in [1.29, 1.82) is 0 Å². The van der Waals surface area contributed by atoms with Crippen LogP contribution in [0.25, 0.3) is 0 Å². The Kier molecular flexibility index (Phi) is 3.46. The monoisotopic (exact) mass is 251 g/mol. The van der Waals surface area contributed by atoms with E-state index in [1.54, 1.807) is 23.1 Å². The molecule has 5 heteroatoms. The molecule has 84 valence electrons. The summed E-state index contributed by atoms with van der Waals surface area (Å²) >= 11 is 3.18. The zero-order valence-corrected chi connectivity index (χ0v) is 11.1. The first-order valence-corrected chi connectivity index (χ1v) is 6.95. The van der Waals surface area contributed by atoms with Gasteiger partial charge in [0.2, 0.25) is 5.13 Å². The summed E-state index contributed by atoms with van der Waals surface area (Å²) in [5.74, 6) is 0. The van der Waals surface area contributed by atoms with Crippen molar-refractivity contribution in [2.75, 3.05) is 11.6 Å². The van der Waals surface area contributed by atoms with Crippen LogP contribution in [0.4, 0.5) is 10.8 Å². The zero-order valence-electron chi connectivity index (χ0n) is 9.44. The van der Waals surface area contributed by atoms with Crippen molar-refractivity contribution in [1.82, 2.24) is 10.2 Å². The van der Waals surface area contributed by atoms with Gasteiger partial charge in [-0.2, -0.15) is 0 Å². The van der Waals surface area contributed by atoms with E-state index in [1.165, 1.54) is 11.1 Å². The fraction of sp³-hybridized carbons (Fsp3) is 0.273. The molecule has 0 unspecified atom stereocenters. The van der Waals surface area contributed by atoms with Gasteiger partial charge in [-0.25, -0.2) is 0 Å². The Morgan fingerprint density at radius 1 is 1.19 bits per heavy atom. The number of hydrogen-bond donors (Lipinski definition) is 1. The number of anilines is 2. The average Bonchev–Trinajstić information content (AvgIpc) is 2.71. The number of aromatic nitrogens is 2. The van der Waals surface area contributed by atoms with Gasteiger partial charge in [0.15, 0.2) is 4.34 Å². The lowest BCUT2D eigenvalue weighted by molar-refractivity contribution is 1.02. The standard InChI is InChI=1S/C11H13N3S2/c1-7-4-5-9(6-8(7)2)12-10-13-14-11(15-3)16-10/h4-6H,1-3H3,(H,12,13). The van der Waals surface area contributed by atoms with Crippen molar-refractivity contribution >= 4 is 33.9 Å². The van der Waals surface area contributed by atoms with Gasteiger partial charge >= 0.3 is 0 Å². The van der Waals surface area contributed by atoms with E-state index >= 15 is 0 Å². The van der Waals surface area contributed by atoms with Crippen LogP contribution in [-0.2, 0) is 0 Å². The van der Waals surface area contributed by atoms with Crippen LogP contribution in [0.2, 0.25) is 0 Å². The summed E-state index contributed by atoms with van der Waals surface area (Å²) in [5.41, 5.74) is 3.64. The molecule has 0 bridgehead atoms. The quantitative estimate of drug-likeness (QED) is 0.845. The van der Waals surface area contributed by atoms with Gasteiger partial charge < -0.3 is 5.32 Å². The Balaban J connectivity index is 2.17. The fourth-order valence-corrected chi connectivity index (χ4v) is 2.48. The summed E-state index contributed by atoms with van der Waals surface area (Å²) in [4.78, 5) is 0. The summed E-state index contributed by atoms with van der Waals surface area (Å²) in [6.45, 7) is 4.21. The topological polar surface area (TPSA) is 37.8 Å². The van der Waals surface area contributed by atoms with E-state index in [4.69, 9.17) is 0 Å². The van der Waals surface area contributed by atoms with Crippen molar-refractivity contribution < 1.29 is 0 Å². The highest BCUT2D eigenvalue weighted by molar-refractivity contribution is 8.00. The maximum atomic E-state index is 4.07. The maximum absolute atomic E-state index is 4.07. The lowest BCUT2D eigenvalue weighted by Crippen LogP contribution is -1.91. The van der Waals surface area contributed by atoms with Gasteiger partial charge in [0, 0.05) is 5.69 Å². The van der Waals surface area contributed by atoms with E-state index in [-0.39, 0.29) is 0 Å². The number of rotatable bonds is 3. The minimum atomic E-state index is 0.840. The number of hydrogen-bond acceptors (Lipinski definition) is 5. The van der Waals surface area contributed by atoms with Crippen molar-refractivity contribution in [2.24, 2.45) is 0 Å². The zero-order chi connectivity index (χ0) is 11.5. The van der Waals surface area contributed by atoms with E-state index in [0.717, 1.165) is 15.2 Å². The van der Waals surface area contributed by atoms with E-state index in [9.17, 15) is 0 Å². The molecule has 0 radical (unpaired) electrons. The molecule has 1 aromatic heterocycles. The largest absolute Gasteiger partial charge is 0.330 e. The molecule has 0 aliphatic heterocycles. The third kappa shape index (κ3) is 2.54. The Hall–Kier alpha value is -1.07. The highest BCUT2D eigenvalue weighted by Gasteiger charge is 2.03. The molecule has 16 heavy (non-hydrogen) atoms. The molecule has 0 aliphatic carbocycles. The molecular weight excluding hydrogens is 238 g/mol.